The second-order valence-corrected chi connectivity index (χ2v) is 8.39. The van der Waals surface area contributed by atoms with Gasteiger partial charge in [-0.3, -0.25) is 4.21 Å². The zero-order valence-corrected chi connectivity index (χ0v) is 15.2. The van der Waals surface area contributed by atoms with Crippen LogP contribution in [0.15, 0.2) is 10.9 Å². The summed E-state index contributed by atoms with van der Waals surface area (Å²) < 4.78 is 14.6. The first-order valence-corrected chi connectivity index (χ1v) is 9.74. The van der Waals surface area contributed by atoms with E-state index in [1.807, 2.05) is 14.0 Å². The van der Waals surface area contributed by atoms with E-state index in [1.54, 1.807) is 11.0 Å². The first kappa shape index (κ1) is 15.9. The molecule has 6 nitrogen and oxygen atoms in total. The number of anilines is 1. The molecule has 8 heteroatoms. The first-order valence-electron chi connectivity index (χ1n) is 7.57. The number of hydrogen-bond acceptors (Lipinski definition) is 5. The summed E-state index contributed by atoms with van der Waals surface area (Å²) in [6.45, 7) is 1.99. The molecule has 2 aromatic rings. The van der Waals surface area contributed by atoms with Crippen molar-refractivity contribution in [1.29, 1.82) is 0 Å². The summed E-state index contributed by atoms with van der Waals surface area (Å²) in [5, 5.41) is 9.06. The number of nitrogens with zero attached hydrogens (tertiary/aromatic N) is 4. The smallest absolute Gasteiger partial charge is 0.164 e. The SMILES string of the molecule is CCS(=O)C1CCCC(Nc2ncnc3c2c(Br)nn3C)C1. The van der Waals surface area contributed by atoms with Gasteiger partial charge in [0, 0.05) is 34.9 Å². The third-order valence-corrected chi connectivity index (χ3v) is 6.50. The Morgan fingerprint density at radius 1 is 1.45 bits per heavy atom. The highest BCUT2D eigenvalue weighted by atomic mass is 79.9. The molecule has 1 saturated carbocycles. The van der Waals surface area contributed by atoms with Gasteiger partial charge in [-0.2, -0.15) is 5.10 Å². The molecular formula is C14H20BrN5OS. The topological polar surface area (TPSA) is 72.7 Å². The van der Waals surface area contributed by atoms with E-state index in [1.165, 1.54) is 0 Å². The molecule has 3 atom stereocenters. The quantitative estimate of drug-likeness (QED) is 0.875. The highest BCUT2D eigenvalue weighted by Gasteiger charge is 2.26. The molecule has 0 saturated heterocycles. The molecule has 3 rings (SSSR count). The van der Waals surface area contributed by atoms with Crippen molar-refractivity contribution in [2.24, 2.45) is 7.05 Å². The number of aryl methyl sites for hydroxylation is 1. The average Bonchev–Trinajstić information content (AvgIpc) is 2.82. The van der Waals surface area contributed by atoms with Gasteiger partial charge in [0.15, 0.2) is 5.65 Å². The van der Waals surface area contributed by atoms with E-state index in [0.29, 0.717) is 11.3 Å². The van der Waals surface area contributed by atoms with Crippen LogP contribution in [0.1, 0.15) is 32.6 Å². The van der Waals surface area contributed by atoms with Gasteiger partial charge < -0.3 is 5.32 Å². The molecule has 22 heavy (non-hydrogen) atoms. The molecule has 120 valence electrons. The van der Waals surface area contributed by atoms with Crippen LogP contribution in [0.25, 0.3) is 11.0 Å². The number of nitrogens with one attached hydrogen (secondary N) is 1. The lowest BCUT2D eigenvalue weighted by atomic mass is 9.95. The van der Waals surface area contributed by atoms with Crippen molar-refractivity contribution in [3.05, 3.63) is 10.9 Å². The van der Waals surface area contributed by atoms with Gasteiger partial charge in [0.2, 0.25) is 0 Å². The van der Waals surface area contributed by atoms with Crippen LogP contribution in [0, 0.1) is 0 Å². The molecular weight excluding hydrogens is 366 g/mol. The maximum atomic E-state index is 12.1. The van der Waals surface area contributed by atoms with E-state index < -0.39 is 10.8 Å². The zero-order valence-electron chi connectivity index (χ0n) is 12.8. The Hall–Kier alpha value is -1.02. The number of aromatic nitrogens is 4. The molecule has 0 spiro atoms. The van der Waals surface area contributed by atoms with E-state index >= 15 is 0 Å². The molecule has 0 amide bonds. The Morgan fingerprint density at radius 3 is 3.05 bits per heavy atom. The minimum absolute atomic E-state index is 0.297. The standard InChI is InChI=1S/C14H20BrN5OS/c1-3-22(21)10-6-4-5-9(7-10)18-13-11-12(15)19-20(2)14(11)17-8-16-13/h8-10H,3-7H2,1-2H3,(H,16,17,18). The van der Waals surface area contributed by atoms with Crippen LogP contribution in [0.2, 0.25) is 0 Å². The summed E-state index contributed by atoms with van der Waals surface area (Å²) in [5.41, 5.74) is 0.800. The number of fused-ring (bicyclic) bond motifs is 1. The van der Waals surface area contributed by atoms with Crippen LogP contribution in [0.4, 0.5) is 5.82 Å². The van der Waals surface area contributed by atoms with Crippen LogP contribution in [-0.4, -0.2) is 41.0 Å². The zero-order chi connectivity index (χ0) is 15.7. The van der Waals surface area contributed by atoms with Crippen molar-refractivity contribution >= 4 is 43.6 Å². The Balaban J connectivity index is 1.83. The predicted molar refractivity (Wildman–Crippen MR) is 92.4 cm³/mol. The summed E-state index contributed by atoms with van der Waals surface area (Å²) in [6.07, 6.45) is 5.75. The monoisotopic (exact) mass is 385 g/mol. The molecule has 0 aliphatic heterocycles. The van der Waals surface area contributed by atoms with Crippen LogP contribution in [0.3, 0.4) is 0 Å². The minimum Gasteiger partial charge on any atom is -0.367 e. The number of hydrogen-bond donors (Lipinski definition) is 1. The van der Waals surface area contributed by atoms with Gasteiger partial charge in [0.1, 0.15) is 16.7 Å². The van der Waals surface area contributed by atoms with Crippen molar-refractivity contribution in [1.82, 2.24) is 19.7 Å². The highest BCUT2D eigenvalue weighted by Crippen LogP contribution is 2.30. The fourth-order valence-corrected chi connectivity index (χ4v) is 5.04. The number of halogens is 1. The normalized spacial score (nSPS) is 23.6. The lowest BCUT2D eigenvalue weighted by Crippen LogP contribution is -2.33. The summed E-state index contributed by atoms with van der Waals surface area (Å²) in [7, 11) is 1.15. The average molecular weight is 386 g/mol. The third-order valence-electron chi connectivity index (χ3n) is 4.20. The summed E-state index contributed by atoms with van der Waals surface area (Å²) in [4.78, 5) is 8.67. The molecule has 3 unspecified atom stereocenters. The van der Waals surface area contributed by atoms with E-state index in [-0.39, 0.29) is 0 Å². The van der Waals surface area contributed by atoms with Crippen molar-refractivity contribution in [3.8, 4) is 0 Å². The third kappa shape index (κ3) is 3.03. The van der Waals surface area contributed by atoms with Gasteiger partial charge in [-0.05, 0) is 35.2 Å². The van der Waals surface area contributed by atoms with Crippen LogP contribution in [-0.2, 0) is 17.8 Å². The first-order chi connectivity index (χ1) is 10.6. The van der Waals surface area contributed by atoms with E-state index in [0.717, 1.165) is 52.9 Å². The predicted octanol–water partition coefficient (Wildman–Crippen LogP) is 2.62. The number of rotatable bonds is 4. The maximum Gasteiger partial charge on any atom is 0.164 e. The molecule has 0 radical (unpaired) electrons. The van der Waals surface area contributed by atoms with Gasteiger partial charge in [-0.1, -0.05) is 13.3 Å². The van der Waals surface area contributed by atoms with E-state index in [4.69, 9.17) is 0 Å². The van der Waals surface area contributed by atoms with Gasteiger partial charge in [-0.15, -0.1) is 0 Å². The molecule has 1 aliphatic rings. The Labute approximate surface area is 140 Å². The van der Waals surface area contributed by atoms with Crippen LogP contribution < -0.4 is 5.32 Å². The Kier molecular flexibility index (Phi) is 4.77. The van der Waals surface area contributed by atoms with E-state index in [2.05, 4.69) is 36.3 Å². The largest absolute Gasteiger partial charge is 0.367 e. The molecule has 0 aromatic carbocycles. The molecule has 1 fully saturated rings. The lowest BCUT2D eigenvalue weighted by molar-refractivity contribution is 0.464. The van der Waals surface area contributed by atoms with Crippen LogP contribution in [0.5, 0.6) is 0 Å². The summed E-state index contributed by atoms with van der Waals surface area (Å²) >= 11 is 3.48. The molecule has 1 aliphatic carbocycles. The van der Waals surface area contributed by atoms with Gasteiger partial charge in [0.05, 0.1) is 5.39 Å². The Morgan fingerprint density at radius 2 is 2.27 bits per heavy atom. The van der Waals surface area contributed by atoms with Crippen molar-refractivity contribution < 1.29 is 4.21 Å². The van der Waals surface area contributed by atoms with Crippen molar-refractivity contribution in [3.63, 3.8) is 0 Å². The highest BCUT2D eigenvalue weighted by molar-refractivity contribution is 9.10. The Bertz CT molecular complexity index is 704. The fraction of sp³-hybridized carbons (Fsp3) is 0.643. The van der Waals surface area contributed by atoms with Crippen molar-refractivity contribution in [2.75, 3.05) is 11.1 Å². The van der Waals surface area contributed by atoms with Gasteiger partial charge in [-0.25, -0.2) is 14.6 Å². The minimum atomic E-state index is -0.718. The molecule has 2 heterocycles. The maximum absolute atomic E-state index is 12.1. The van der Waals surface area contributed by atoms with E-state index in [9.17, 15) is 4.21 Å². The lowest BCUT2D eigenvalue weighted by Gasteiger charge is -2.29. The second-order valence-electron chi connectivity index (χ2n) is 5.63. The molecule has 0 bridgehead atoms. The second kappa shape index (κ2) is 6.62. The van der Waals surface area contributed by atoms with Crippen LogP contribution >= 0.6 is 15.9 Å². The molecule has 2 aromatic heterocycles. The molecule has 1 N–H and O–H groups in total. The van der Waals surface area contributed by atoms with Gasteiger partial charge >= 0.3 is 0 Å². The summed E-state index contributed by atoms with van der Waals surface area (Å²) in [6, 6.07) is 0.305. The fourth-order valence-electron chi connectivity index (χ4n) is 3.09. The van der Waals surface area contributed by atoms with Gasteiger partial charge in [0.25, 0.3) is 0 Å². The summed E-state index contributed by atoms with van der Waals surface area (Å²) in [5.74, 6) is 1.54. The van der Waals surface area contributed by atoms with Crippen molar-refractivity contribution in [2.45, 2.75) is 43.9 Å².